The lowest BCUT2D eigenvalue weighted by atomic mass is 10.3. The fraction of sp³-hybridized carbons (Fsp3) is 0.300. The third-order valence-corrected chi connectivity index (χ3v) is 4.15. The number of rotatable bonds is 6. The molecular formula is C10H13BrN2O5S. The second-order valence-corrected chi connectivity index (χ2v) is 6.22. The number of primary amides is 1. The fourth-order valence-electron chi connectivity index (χ4n) is 1.23. The van der Waals surface area contributed by atoms with Crippen molar-refractivity contribution in [2.24, 2.45) is 5.73 Å². The first kappa shape index (κ1) is 15.9. The fourth-order valence-corrected chi connectivity index (χ4v) is 2.97. The van der Waals surface area contributed by atoms with Gasteiger partial charge in [0.25, 0.3) is 0 Å². The van der Waals surface area contributed by atoms with Gasteiger partial charge in [-0.2, -0.15) is 0 Å². The topological polar surface area (TPSA) is 119 Å². The van der Waals surface area contributed by atoms with E-state index in [9.17, 15) is 18.3 Å². The van der Waals surface area contributed by atoms with Gasteiger partial charge in [-0.1, -0.05) is 15.9 Å². The lowest BCUT2D eigenvalue weighted by molar-refractivity contribution is -0.125. The summed E-state index contributed by atoms with van der Waals surface area (Å²) >= 11 is 3.15. The van der Waals surface area contributed by atoms with E-state index in [1.807, 2.05) is 0 Å². The van der Waals surface area contributed by atoms with E-state index in [4.69, 9.17) is 10.5 Å². The molecule has 0 saturated heterocycles. The summed E-state index contributed by atoms with van der Waals surface area (Å²) in [7, 11) is -2.59. The molecule has 1 rings (SSSR count). The summed E-state index contributed by atoms with van der Waals surface area (Å²) in [6.45, 7) is -0.507. The second-order valence-electron chi connectivity index (χ2n) is 3.57. The average Bonchev–Trinajstić information content (AvgIpc) is 2.35. The van der Waals surface area contributed by atoms with Crippen LogP contribution in [0, 0.1) is 0 Å². The Hall–Kier alpha value is -1.16. The first-order valence-electron chi connectivity index (χ1n) is 5.08. The van der Waals surface area contributed by atoms with E-state index < -0.39 is 28.6 Å². The summed E-state index contributed by atoms with van der Waals surface area (Å²) in [6.07, 6.45) is -1.59. The number of nitrogens with two attached hydrogens (primary N) is 1. The van der Waals surface area contributed by atoms with Crippen molar-refractivity contribution in [2.45, 2.75) is 11.0 Å². The molecule has 106 valence electrons. The number of amides is 1. The van der Waals surface area contributed by atoms with Gasteiger partial charge in [0.2, 0.25) is 15.9 Å². The van der Waals surface area contributed by atoms with Gasteiger partial charge in [0.05, 0.1) is 7.11 Å². The lowest BCUT2D eigenvalue weighted by Crippen LogP contribution is -2.40. The molecule has 1 unspecified atom stereocenters. The van der Waals surface area contributed by atoms with Crippen LogP contribution in [0.15, 0.2) is 27.6 Å². The van der Waals surface area contributed by atoms with Crippen LogP contribution in [-0.4, -0.2) is 39.2 Å². The van der Waals surface area contributed by atoms with Crippen LogP contribution in [0.25, 0.3) is 0 Å². The normalized spacial score (nSPS) is 13.0. The molecule has 0 fully saturated rings. The average molecular weight is 353 g/mol. The minimum atomic E-state index is -3.93. The number of carbonyl (C=O) groups is 1. The first-order valence-corrected chi connectivity index (χ1v) is 7.36. The van der Waals surface area contributed by atoms with Crippen LogP contribution in [0.5, 0.6) is 5.75 Å². The smallest absolute Gasteiger partial charge is 0.247 e. The van der Waals surface area contributed by atoms with Crippen molar-refractivity contribution < 1.29 is 23.1 Å². The largest absolute Gasteiger partial charge is 0.495 e. The summed E-state index contributed by atoms with van der Waals surface area (Å²) in [6, 6.07) is 4.44. The minimum absolute atomic E-state index is 0.110. The van der Waals surface area contributed by atoms with E-state index in [0.717, 1.165) is 0 Å². The van der Waals surface area contributed by atoms with Gasteiger partial charge in [-0.25, -0.2) is 13.1 Å². The second kappa shape index (κ2) is 6.33. The van der Waals surface area contributed by atoms with Crippen LogP contribution < -0.4 is 15.2 Å². The zero-order chi connectivity index (χ0) is 14.6. The van der Waals surface area contributed by atoms with E-state index in [1.165, 1.54) is 19.2 Å². The Morgan fingerprint density at radius 1 is 1.58 bits per heavy atom. The van der Waals surface area contributed by atoms with Crippen molar-refractivity contribution in [3.05, 3.63) is 22.7 Å². The molecular weight excluding hydrogens is 340 g/mol. The Labute approximate surface area is 118 Å². The number of aliphatic hydroxyl groups excluding tert-OH is 1. The Morgan fingerprint density at radius 3 is 2.74 bits per heavy atom. The Kier molecular flexibility index (Phi) is 5.29. The van der Waals surface area contributed by atoms with Crippen LogP contribution in [0.4, 0.5) is 0 Å². The van der Waals surface area contributed by atoms with Crippen molar-refractivity contribution >= 4 is 31.9 Å². The highest BCUT2D eigenvalue weighted by Crippen LogP contribution is 2.26. The predicted molar refractivity (Wildman–Crippen MR) is 71.1 cm³/mol. The first-order chi connectivity index (χ1) is 8.77. The van der Waals surface area contributed by atoms with Crippen LogP contribution in [0.3, 0.4) is 0 Å². The molecule has 0 heterocycles. The van der Waals surface area contributed by atoms with E-state index in [-0.39, 0.29) is 10.6 Å². The van der Waals surface area contributed by atoms with Gasteiger partial charge in [-0.05, 0) is 18.2 Å². The molecule has 1 atom stereocenters. The zero-order valence-electron chi connectivity index (χ0n) is 9.96. The molecule has 9 heteroatoms. The summed E-state index contributed by atoms with van der Waals surface area (Å²) in [5.41, 5.74) is 4.83. The van der Waals surface area contributed by atoms with E-state index >= 15 is 0 Å². The maximum Gasteiger partial charge on any atom is 0.247 e. The quantitative estimate of drug-likeness (QED) is 0.642. The standard InChI is InChI=1S/C10H13BrN2O5S/c1-18-8-3-2-6(11)4-9(8)19(16,17)13-5-7(14)10(12)15/h2-4,7,13-14H,5H2,1H3,(H2,12,15). The van der Waals surface area contributed by atoms with E-state index in [2.05, 4.69) is 20.7 Å². The number of nitrogens with one attached hydrogen (secondary N) is 1. The van der Waals surface area contributed by atoms with Crippen molar-refractivity contribution in [2.75, 3.05) is 13.7 Å². The van der Waals surface area contributed by atoms with Gasteiger partial charge in [0.1, 0.15) is 16.7 Å². The Bertz CT molecular complexity index is 575. The highest BCUT2D eigenvalue weighted by Gasteiger charge is 2.22. The molecule has 4 N–H and O–H groups in total. The molecule has 0 saturated carbocycles. The molecule has 1 aromatic rings. The Balaban J connectivity index is 3.00. The van der Waals surface area contributed by atoms with Crippen LogP contribution >= 0.6 is 15.9 Å². The van der Waals surface area contributed by atoms with Crippen LogP contribution in [0.2, 0.25) is 0 Å². The number of carbonyl (C=O) groups excluding carboxylic acids is 1. The summed E-state index contributed by atoms with van der Waals surface area (Å²) in [4.78, 5) is 10.5. The van der Waals surface area contributed by atoms with Gasteiger partial charge in [0.15, 0.2) is 0 Å². The molecule has 0 aliphatic carbocycles. The molecule has 0 aliphatic rings. The SMILES string of the molecule is COc1ccc(Br)cc1S(=O)(=O)NCC(O)C(N)=O. The third-order valence-electron chi connectivity index (χ3n) is 2.21. The molecule has 7 nitrogen and oxygen atoms in total. The number of aliphatic hydroxyl groups is 1. The molecule has 0 radical (unpaired) electrons. The van der Waals surface area contributed by atoms with Crippen molar-refractivity contribution in [3.8, 4) is 5.75 Å². The molecule has 19 heavy (non-hydrogen) atoms. The number of benzene rings is 1. The number of hydrogen-bond acceptors (Lipinski definition) is 5. The summed E-state index contributed by atoms with van der Waals surface area (Å²) in [5.74, 6) is -0.867. The monoisotopic (exact) mass is 352 g/mol. The molecule has 0 spiro atoms. The lowest BCUT2D eigenvalue weighted by Gasteiger charge is -2.12. The van der Waals surface area contributed by atoms with Gasteiger partial charge < -0.3 is 15.6 Å². The van der Waals surface area contributed by atoms with Crippen LogP contribution in [-0.2, 0) is 14.8 Å². The number of methoxy groups -OCH3 is 1. The summed E-state index contributed by atoms with van der Waals surface area (Å²) < 4.78 is 31.6. The van der Waals surface area contributed by atoms with Gasteiger partial charge in [0, 0.05) is 11.0 Å². The predicted octanol–water partition coefficient (Wildman–Crippen LogP) is -0.418. The highest BCUT2D eigenvalue weighted by molar-refractivity contribution is 9.10. The van der Waals surface area contributed by atoms with E-state index in [0.29, 0.717) is 4.47 Å². The third kappa shape index (κ3) is 4.16. The highest BCUT2D eigenvalue weighted by atomic mass is 79.9. The van der Waals surface area contributed by atoms with Gasteiger partial charge in [-0.3, -0.25) is 4.79 Å². The zero-order valence-corrected chi connectivity index (χ0v) is 12.4. The molecule has 0 aliphatic heterocycles. The maximum absolute atomic E-state index is 12.0. The molecule has 0 bridgehead atoms. The molecule has 1 aromatic carbocycles. The van der Waals surface area contributed by atoms with Crippen molar-refractivity contribution in [3.63, 3.8) is 0 Å². The van der Waals surface area contributed by atoms with Crippen molar-refractivity contribution in [1.82, 2.24) is 4.72 Å². The maximum atomic E-state index is 12.0. The van der Waals surface area contributed by atoms with Gasteiger partial charge in [-0.15, -0.1) is 0 Å². The number of sulfonamides is 1. The summed E-state index contributed by atoms with van der Waals surface area (Å²) in [5, 5.41) is 9.18. The molecule has 0 aromatic heterocycles. The number of halogens is 1. The van der Waals surface area contributed by atoms with Crippen LogP contribution in [0.1, 0.15) is 0 Å². The number of hydrogen-bond donors (Lipinski definition) is 3. The number of ether oxygens (including phenoxy) is 1. The minimum Gasteiger partial charge on any atom is -0.495 e. The van der Waals surface area contributed by atoms with E-state index in [1.54, 1.807) is 6.07 Å². The Morgan fingerprint density at radius 2 is 2.21 bits per heavy atom. The van der Waals surface area contributed by atoms with Gasteiger partial charge >= 0.3 is 0 Å². The van der Waals surface area contributed by atoms with Crippen molar-refractivity contribution in [1.29, 1.82) is 0 Å². The molecule has 1 amide bonds.